The lowest BCUT2D eigenvalue weighted by molar-refractivity contribution is 0.0695. The van der Waals surface area contributed by atoms with E-state index in [4.69, 9.17) is 9.84 Å². The van der Waals surface area contributed by atoms with E-state index >= 15 is 0 Å². The number of aliphatic hydroxyl groups is 1. The molecule has 0 aliphatic rings. The zero-order chi connectivity index (χ0) is 12.8. The van der Waals surface area contributed by atoms with Crippen molar-refractivity contribution in [3.8, 4) is 0 Å². The first-order chi connectivity index (χ1) is 8.04. The summed E-state index contributed by atoms with van der Waals surface area (Å²) in [5.41, 5.74) is 0.935. The van der Waals surface area contributed by atoms with Crippen LogP contribution in [0.15, 0.2) is 22.7 Å². The summed E-state index contributed by atoms with van der Waals surface area (Å²) >= 11 is 3.18. The number of methoxy groups -OCH3 is 1. The topological polar surface area (TPSA) is 78.8 Å². The molecular weight excluding hydrogens is 290 g/mol. The number of ether oxygens (including phenoxy) is 1. The molecule has 0 bridgehead atoms. The third-order valence-electron chi connectivity index (χ3n) is 2.10. The maximum atomic E-state index is 10.8. The number of halogens is 1. The van der Waals surface area contributed by atoms with Crippen molar-refractivity contribution in [1.29, 1.82) is 0 Å². The van der Waals surface area contributed by atoms with Crippen LogP contribution in [0.25, 0.3) is 0 Å². The number of benzene rings is 1. The molecule has 94 valence electrons. The van der Waals surface area contributed by atoms with Crippen molar-refractivity contribution in [2.24, 2.45) is 0 Å². The smallest absolute Gasteiger partial charge is 0.336 e. The molecule has 1 rings (SSSR count). The summed E-state index contributed by atoms with van der Waals surface area (Å²) in [7, 11) is 1.52. The summed E-state index contributed by atoms with van der Waals surface area (Å²) in [4.78, 5) is 10.8. The van der Waals surface area contributed by atoms with E-state index in [1.54, 1.807) is 12.1 Å². The van der Waals surface area contributed by atoms with Gasteiger partial charge in [-0.1, -0.05) is 0 Å². The highest BCUT2D eigenvalue weighted by atomic mass is 79.9. The van der Waals surface area contributed by atoms with Gasteiger partial charge >= 0.3 is 5.97 Å². The second kappa shape index (κ2) is 6.58. The van der Waals surface area contributed by atoms with E-state index in [2.05, 4.69) is 21.2 Å². The van der Waals surface area contributed by atoms with Gasteiger partial charge in [0.1, 0.15) is 0 Å². The molecule has 0 aromatic heterocycles. The number of aliphatic hydroxyl groups excluding tert-OH is 1. The quantitative estimate of drug-likeness (QED) is 0.743. The summed E-state index contributed by atoms with van der Waals surface area (Å²) < 4.78 is 5.29. The van der Waals surface area contributed by atoms with Crippen molar-refractivity contribution in [2.45, 2.75) is 6.10 Å². The van der Waals surface area contributed by atoms with Crippen LogP contribution in [0.4, 0.5) is 5.69 Å². The first-order valence-electron chi connectivity index (χ1n) is 4.98. The molecule has 1 unspecified atom stereocenters. The number of carbonyl (C=O) groups is 1. The Morgan fingerprint density at radius 1 is 1.59 bits per heavy atom. The van der Waals surface area contributed by atoms with Crippen LogP contribution in [-0.4, -0.2) is 42.5 Å². The molecule has 1 aromatic rings. The van der Waals surface area contributed by atoms with Crippen LogP contribution < -0.4 is 5.32 Å². The number of hydrogen-bond acceptors (Lipinski definition) is 4. The minimum atomic E-state index is -0.983. The highest BCUT2D eigenvalue weighted by molar-refractivity contribution is 9.10. The summed E-state index contributed by atoms with van der Waals surface area (Å²) in [6.45, 7) is 0.591. The van der Waals surface area contributed by atoms with Gasteiger partial charge in [0.2, 0.25) is 0 Å². The largest absolute Gasteiger partial charge is 0.478 e. The number of rotatable bonds is 6. The minimum absolute atomic E-state index is 0.202. The second-order valence-corrected chi connectivity index (χ2v) is 4.34. The minimum Gasteiger partial charge on any atom is -0.478 e. The molecule has 0 amide bonds. The molecule has 0 saturated carbocycles. The fraction of sp³-hybridized carbons (Fsp3) is 0.364. The maximum Gasteiger partial charge on any atom is 0.336 e. The van der Waals surface area contributed by atoms with Crippen molar-refractivity contribution in [2.75, 3.05) is 25.6 Å². The second-order valence-electron chi connectivity index (χ2n) is 3.49. The third-order valence-corrected chi connectivity index (χ3v) is 2.76. The average molecular weight is 304 g/mol. The molecule has 6 heteroatoms. The molecule has 3 N–H and O–H groups in total. The van der Waals surface area contributed by atoms with Gasteiger partial charge in [0.15, 0.2) is 0 Å². The fourth-order valence-electron chi connectivity index (χ4n) is 1.29. The Kier molecular flexibility index (Phi) is 5.40. The molecule has 1 aromatic carbocycles. The normalized spacial score (nSPS) is 12.2. The van der Waals surface area contributed by atoms with Gasteiger partial charge in [-0.15, -0.1) is 0 Å². The van der Waals surface area contributed by atoms with Gasteiger partial charge in [0.05, 0.1) is 18.3 Å². The monoisotopic (exact) mass is 303 g/mol. The number of carboxylic acids is 1. The molecule has 17 heavy (non-hydrogen) atoms. The highest BCUT2D eigenvalue weighted by Crippen LogP contribution is 2.21. The van der Waals surface area contributed by atoms with Crippen LogP contribution >= 0.6 is 15.9 Å². The fourth-order valence-corrected chi connectivity index (χ4v) is 1.83. The standard InChI is InChI=1S/C11H14BrNO4/c1-17-6-8(14)5-13-7-2-3-9(11(15)16)10(12)4-7/h2-4,8,13-14H,5-6H2,1H3,(H,15,16). The van der Waals surface area contributed by atoms with E-state index in [0.29, 0.717) is 11.0 Å². The molecular formula is C11H14BrNO4. The van der Waals surface area contributed by atoms with E-state index in [0.717, 1.165) is 5.69 Å². The van der Waals surface area contributed by atoms with Crippen LogP contribution in [0.2, 0.25) is 0 Å². The zero-order valence-electron chi connectivity index (χ0n) is 9.31. The van der Waals surface area contributed by atoms with Gasteiger partial charge in [0.25, 0.3) is 0 Å². The number of carboxylic acid groups (broad SMARTS) is 1. The van der Waals surface area contributed by atoms with E-state index in [9.17, 15) is 9.90 Å². The van der Waals surface area contributed by atoms with Crippen LogP contribution in [0.5, 0.6) is 0 Å². The zero-order valence-corrected chi connectivity index (χ0v) is 10.9. The van der Waals surface area contributed by atoms with E-state index in [-0.39, 0.29) is 12.2 Å². The Morgan fingerprint density at radius 3 is 2.82 bits per heavy atom. The lowest BCUT2D eigenvalue weighted by atomic mass is 10.2. The lowest BCUT2D eigenvalue weighted by Gasteiger charge is -2.12. The number of nitrogens with one attached hydrogen (secondary N) is 1. The average Bonchev–Trinajstić information content (AvgIpc) is 2.26. The molecule has 0 aliphatic heterocycles. The summed E-state index contributed by atoms with van der Waals surface area (Å²) in [6, 6.07) is 4.80. The van der Waals surface area contributed by atoms with Crippen LogP contribution in [0, 0.1) is 0 Å². The van der Waals surface area contributed by atoms with Crippen molar-refractivity contribution in [3.63, 3.8) is 0 Å². The van der Waals surface area contributed by atoms with Crippen molar-refractivity contribution < 1.29 is 19.7 Å². The molecule has 0 heterocycles. The van der Waals surface area contributed by atoms with Gasteiger partial charge in [-0.05, 0) is 34.1 Å². The Hall–Kier alpha value is -1.11. The Morgan fingerprint density at radius 2 is 2.29 bits per heavy atom. The first kappa shape index (κ1) is 14.0. The van der Waals surface area contributed by atoms with E-state index in [1.165, 1.54) is 13.2 Å². The third kappa shape index (κ3) is 4.33. The van der Waals surface area contributed by atoms with Crippen LogP contribution in [0.3, 0.4) is 0 Å². The van der Waals surface area contributed by atoms with Crippen LogP contribution in [-0.2, 0) is 4.74 Å². The highest BCUT2D eigenvalue weighted by Gasteiger charge is 2.09. The molecule has 1 atom stereocenters. The predicted molar refractivity (Wildman–Crippen MR) is 67.5 cm³/mol. The van der Waals surface area contributed by atoms with Gasteiger partial charge in [-0.3, -0.25) is 0 Å². The molecule has 0 aliphatic carbocycles. The first-order valence-corrected chi connectivity index (χ1v) is 5.77. The summed E-state index contributed by atoms with van der Waals surface area (Å²) in [5, 5.41) is 21.3. The predicted octanol–water partition coefficient (Wildman–Crippen LogP) is 1.57. The Balaban J connectivity index is 2.62. The van der Waals surface area contributed by atoms with Crippen molar-refractivity contribution in [1.82, 2.24) is 0 Å². The van der Waals surface area contributed by atoms with E-state index in [1.807, 2.05) is 0 Å². The van der Waals surface area contributed by atoms with Gasteiger partial charge < -0.3 is 20.3 Å². The lowest BCUT2D eigenvalue weighted by Crippen LogP contribution is -2.24. The molecule has 5 nitrogen and oxygen atoms in total. The van der Waals surface area contributed by atoms with Crippen molar-refractivity contribution >= 4 is 27.6 Å². The van der Waals surface area contributed by atoms with Gasteiger partial charge in [-0.2, -0.15) is 0 Å². The molecule has 0 saturated heterocycles. The van der Waals surface area contributed by atoms with Gasteiger partial charge in [0, 0.05) is 23.8 Å². The number of hydrogen-bond donors (Lipinski definition) is 3. The SMILES string of the molecule is COCC(O)CNc1ccc(C(=O)O)c(Br)c1. The summed E-state index contributed by atoms with van der Waals surface area (Å²) in [6.07, 6.45) is -0.599. The Bertz CT molecular complexity index is 397. The molecule has 0 fully saturated rings. The van der Waals surface area contributed by atoms with Crippen molar-refractivity contribution in [3.05, 3.63) is 28.2 Å². The summed E-state index contributed by atoms with van der Waals surface area (Å²) in [5.74, 6) is -0.983. The Labute approximate surface area is 108 Å². The number of aromatic carboxylic acids is 1. The molecule has 0 spiro atoms. The number of anilines is 1. The van der Waals surface area contributed by atoms with Crippen LogP contribution in [0.1, 0.15) is 10.4 Å². The molecule has 0 radical (unpaired) electrons. The van der Waals surface area contributed by atoms with E-state index < -0.39 is 12.1 Å². The van der Waals surface area contributed by atoms with Gasteiger partial charge in [-0.25, -0.2) is 4.79 Å². The maximum absolute atomic E-state index is 10.8.